The zero-order valence-electron chi connectivity index (χ0n) is 11.9. The van der Waals surface area contributed by atoms with Crippen LogP contribution in [0.2, 0.25) is 0 Å². The van der Waals surface area contributed by atoms with Gasteiger partial charge in [-0.15, -0.1) is 0 Å². The fourth-order valence-electron chi connectivity index (χ4n) is 3.54. The quantitative estimate of drug-likeness (QED) is 0.734. The number of hydrogen-bond acceptors (Lipinski definition) is 3. The van der Waals surface area contributed by atoms with Crippen molar-refractivity contribution in [2.75, 3.05) is 0 Å². The predicted molar refractivity (Wildman–Crippen MR) is 74.2 cm³/mol. The van der Waals surface area contributed by atoms with Crippen LogP contribution in [0.25, 0.3) is 0 Å². The van der Waals surface area contributed by atoms with E-state index in [0.717, 1.165) is 44.9 Å². The zero-order chi connectivity index (χ0) is 14.6. The van der Waals surface area contributed by atoms with Gasteiger partial charge in [-0.05, 0) is 25.7 Å². The second-order valence-electron chi connectivity index (χ2n) is 6.35. The average molecular weight is 283 g/mol. The Morgan fingerprint density at radius 3 is 2.30 bits per heavy atom. The van der Waals surface area contributed by atoms with E-state index in [4.69, 9.17) is 0 Å². The van der Waals surface area contributed by atoms with Crippen LogP contribution in [0.3, 0.4) is 0 Å². The lowest BCUT2D eigenvalue weighted by Gasteiger charge is -2.34. The fourth-order valence-corrected chi connectivity index (χ4v) is 3.54. The number of hydrogen-bond donors (Lipinski definition) is 3. The molecule has 0 spiro atoms. The summed E-state index contributed by atoms with van der Waals surface area (Å²) in [5.41, 5.74) is -0.887. The molecule has 0 aromatic heterocycles. The van der Waals surface area contributed by atoms with Crippen LogP contribution in [-0.2, 0) is 9.59 Å². The first kappa shape index (κ1) is 15.3. The average Bonchev–Trinajstić information content (AvgIpc) is 2.42. The van der Waals surface area contributed by atoms with Crippen LogP contribution in [-0.4, -0.2) is 34.2 Å². The molecule has 0 bridgehead atoms. The molecule has 0 saturated heterocycles. The van der Waals surface area contributed by atoms with Gasteiger partial charge in [-0.25, -0.2) is 0 Å². The van der Waals surface area contributed by atoms with E-state index in [1.807, 2.05) is 0 Å². The second kappa shape index (κ2) is 6.57. The van der Waals surface area contributed by atoms with Gasteiger partial charge in [-0.2, -0.15) is 0 Å². The minimum atomic E-state index is -0.887. The first-order valence-corrected chi connectivity index (χ1v) is 7.74. The number of aliphatic carboxylic acids is 1. The maximum absolute atomic E-state index is 12.1. The highest BCUT2D eigenvalue weighted by molar-refractivity contribution is 5.85. The number of carbonyl (C=O) groups excluding carboxylic acids is 1. The Morgan fingerprint density at radius 1 is 1.05 bits per heavy atom. The van der Waals surface area contributed by atoms with Crippen molar-refractivity contribution in [3.05, 3.63) is 0 Å². The van der Waals surface area contributed by atoms with Crippen molar-refractivity contribution in [3.8, 4) is 0 Å². The molecule has 2 atom stereocenters. The molecular weight excluding hydrogens is 258 g/mol. The third kappa shape index (κ3) is 3.51. The molecule has 0 aromatic carbocycles. The number of rotatable bonds is 4. The molecule has 114 valence electrons. The normalized spacial score (nSPS) is 29.6. The maximum Gasteiger partial charge on any atom is 0.310 e. The number of nitrogens with one attached hydrogen (secondary N) is 1. The van der Waals surface area contributed by atoms with Crippen LogP contribution < -0.4 is 5.32 Å². The van der Waals surface area contributed by atoms with Crippen LogP contribution in [0.5, 0.6) is 0 Å². The van der Waals surface area contributed by atoms with Gasteiger partial charge in [-0.1, -0.05) is 32.1 Å². The van der Waals surface area contributed by atoms with E-state index in [0.29, 0.717) is 12.8 Å². The molecule has 0 aliphatic heterocycles. The van der Waals surface area contributed by atoms with Crippen molar-refractivity contribution in [1.82, 2.24) is 5.32 Å². The molecule has 2 aliphatic rings. The Balaban J connectivity index is 1.93. The molecule has 5 nitrogen and oxygen atoms in total. The molecule has 5 heteroatoms. The molecule has 3 N–H and O–H groups in total. The van der Waals surface area contributed by atoms with Crippen molar-refractivity contribution in [2.24, 2.45) is 5.41 Å². The van der Waals surface area contributed by atoms with Gasteiger partial charge in [0, 0.05) is 6.42 Å². The monoisotopic (exact) mass is 283 g/mol. The first-order chi connectivity index (χ1) is 9.53. The largest absolute Gasteiger partial charge is 0.481 e. The van der Waals surface area contributed by atoms with E-state index in [1.54, 1.807) is 0 Å². The Labute approximate surface area is 119 Å². The number of aliphatic hydroxyl groups excluding tert-OH is 1. The number of carboxylic acids is 1. The van der Waals surface area contributed by atoms with Crippen molar-refractivity contribution in [3.63, 3.8) is 0 Å². The van der Waals surface area contributed by atoms with Gasteiger partial charge in [0.05, 0.1) is 17.6 Å². The van der Waals surface area contributed by atoms with E-state index in [2.05, 4.69) is 5.32 Å². The summed E-state index contributed by atoms with van der Waals surface area (Å²) < 4.78 is 0. The minimum absolute atomic E-state index is 0.0472. The summed E-state index contributed by atoms with van der Waals surface area (Å²) in [6.07, 6.45) is 7.05. The van der Waals surface area contributed by atoms with Crippen LogP contribution in [0, 0.1) is 5.41 Å². The second-order valence-corrected chi connectivity index (χ2v) is 6.35. The summed E-state index contributed by atoms with van der Waals surface area (Å²) in [7, 11) is 0. The Hall–Kier alpha value is -1.10. The molecule has 0 heterocycles. The van der Waals surface area contributed by atoms with Gasteiger partial charge in [0.25, 0.3) is 0 Å². The van der Waals surface area contributed by atoms with E-state index >= 15 is 0 Å². The SMILES string of the molecule is O=C(CC1(C(=O)O)CCCCC1)N[C@@H]1CCCC[C@H]1O. The summed E-state index contributed by atoms with van der Waals surface area (Å²) >= 11 is 0. The third-order valence-corrected chi connectivity index (χ3v) is 4.84. The van der Waals surface area contributed by atoms with E-state index < -0.39 is 17.5 Å². The molecule has 2 aliphatic carbocycles. The summed E-state index contributed by atoms with van der Waals surface area (Å²) in [6, 6.07) is -0.203. The molecule has 0 aromatic rings. The summed E-state index contributed by atoms with van der Waals surface area (Å²) in [4.78, 5) is 23.7. The van der Waals surface area contributed by atoms with Gasteiger partial charge in [0.2, 0.25) is 5.91 Å². The van der Waals surface area contributed by atoms with Crippen molar-refractivity contribution in [2.45, 2.75) is 76.4 Å². The molecule has 2 rings (SSSR count). The number of carboxylic acid groups (broad SMARTS) is 1. The predicted octanol–water partition coefficient (Wildman–Crippen LogP) is 1.83. The third-order valence-electron chi connectivity index (χ3n) is 4.84. The van der Waals surface area contributed by atoms with Crippen LogP contribution >= 0.6 is 0 Å². The Bertz CT molecular complexity index is 363. The Morgan fingerprint density at radius 2 is 1.70 bits per heavy atom. The standard InChI is InChI=1S/C15H25NO4/c17-12-7-3-2-6-11(12)16-13(18)10-15(14(19)20)8-4-1-5-9-15/h11-12,17H,1-10H2,(H,16,18)(H,19,20)/t11-,12-/m1/s1. The highest BCUT2D eigenvalue weighted by Gasteiger charge is 2.41. The number of carbonyl (C=O) groups is 2. The smallest absolute Gasteiger partial charge is 0.310 e. The van der Waals surface area contributed by atoms with Gasteiger partial charge in [-0.3, -0.25) is 9.59 Å². The van der Waals surface area contributed by atoms with Gasteiger partial charge < -0.3 is 15.5 Å². The molecular formula is C15H25NO4. The van der Waals surface area contributed by atoms with Crippen LogP contribution in [0.4, 0.5) is 0 Å². The first-order valence-electron chi connectivity index (χ1n) is 7.74. The maximum atomic E-state index is 12.1. The van der Waals surface area contributed by atoms with Crippen LogP contribution in [0.15, 0.2) is 0 Å². The molecule has 0 radical (unpaired) electrons. The van der Waals surface area contributed by atoms with Gasteiger partial charge in [0.1, 0.15) is 0 Å². The number of aliphatic hydroxyl groups is 1. The highest BCUT2D eigenvalue weighted by atomic mass is 16.4. The minimum Gasteiger partial charge on any atom is -0.481 e. The molecule has 0 unspecified atom stereocenters. The van der Waals surface area contributed by atoms with Crippen molar-refractivity contribution >= 4 is 11.9 Å². The highest BCUT2D eigenvalue weighted by Crippen LogP contribution is 2.39. The summed E-state index contributed by atoms with van der Waals surface area (Å²) in [5.74, 6) is -1.07. The fraction of sp³-hybridized carbons (Fsp3) is 0.867. The molecule has 20 heavy (non-hydrogen) atoms. The van der Waals surface area contributed by atoms with E-state index in [-0.39, 0.29) is 18.4 Å². The van der Waals surface area contributed by atoms with Crippen molar-refractivity contribution < 1.29 is 19.8 Å². The molecule has 2 saturated carbocycles. The Kier molecular flexibility index (Phi) is 5.02. The van der Waals surface area contributed by atoms with E-state index in [9.17, 15) is 19.8 Å². The van der Waals surface area contributed by atoms with E-state index in [1.165, 1.54) is 0 Å². The zero-order valence-corrected chi connectivity index (χ0v) is 11.9. The van der Waals surface area contributed by atoms with Crippen LogP contribution in [0.1, 0.15) is 64.2 Å². The summed E-state index contributed by atoms with van der Waals surface area (Å²) in [6.45, 7) is 0. The lowest BCUT2D eigenvalue weighted by atomic mass is 9.71. The number of amides is 1. The summed E-state index contributed by atoms with van der Waals surface area (Å²) in [5, 5.41) is 22.2. The molecule has 1 amide bonds. The lowest BCUT2D eigenvalue weighted by Crippen LogP contribution is -2.47. The van der Waals surface area contributed by atoms with Crippen molar-refractivity contribution in [1.29, 1.82) is 0 Å². The molecule has 2 fully saturated rings. The topological polar surface area (TPSA) is 86.6 Å². The van der Waals surface area contributed by atoms with Gasteiger partial charge >= 0.3 is 5.97 Å². The van der Waals surface area contributed by atoms with Gasteiger partial charge in [0.15, 0.2) is 0 Å². The lowest BCUT2D eigenvalue weighted by molar-refractivity contribution is -0.154.